The van der Waals surface area contributed by atoms with Crippen LogP contribution < -0.4 is 0 Å². The predicted octanol–water partition coefficient (Wildman–Crippen LogP) is 1.53. The minimum Gasteiger partial charge on any atom is -0.481 e. The van der Waals surface area contributed by atoms with Gasteiger partial charge in [0, 0.05) is 0 Å². The van der Waals surface area contributed by atoms with E-state index in [2.05, 4.69) is 19.1 Å². The Morgan fingerprint density at radius 3 is 2.83 bits per heavy atom. The first-order chi connectivity index (χ1) is 5.65. The van der Waals surface area contributed by atoms with Gasteiger partial charge in [0.15, 0.2) is 0 Å². The quantitative estimate of drug-likeness (QED) is 0.597. The largest absolute Gasteiger partial charge is 0.481 e. The molecular weight excluding hydrogens is 152 g/mol. The summed E-state index contributed by atoms with van der Waals surface area (Å²) in [6, 6.07) is 0. The zero-order valence-corrected chi connectivity index (χ0v) is 7.03. The molecule has 2 heteroatoms. The molecule has 12 heavy (non-hydrogen) atoms. The number of allylic oxidation sites excluding steroid dienone is 2. The van der Waals surface area contributed by atoms with Crippen molar-refractivity contribution in [2.75, 3.05) is 0 Å². The highest BCUT2D eigenvalue weighted by Gasteiger charge is 2.75. The first-order valence-corrected chi connectivity index (χ1v) is 4.57. The zero-order valence-electron chi connectivity index (χ0n) is 7.03. The smallest absolute Gasteiger partial charge is 0.307 e. The second kappa shape index (κ2) is 1.61. The maximum atomic E-state index is 10.9. The topological polar surface area (TPSA) is 37.3 Å². The Balaban J connectivity index is 1.99. The van der Waals surface area contributed by atoms with E-state index in [0.29, 0.717) is 17.8 Å². The Bertz CT molecular complexity index is 294. The van der Waals surface area contributed by atoms with Gasteiger partial charge in [-0.05, 0) is 29.6 Å². The zero-order chi connectivity index (χ0) is 8.51. The number of hydrogen-bond donors (Lipinski definition) is 1. The van der Waals surface area contributed by atoms with Crippen molar-refractivity contribution in [3.8, 4) is 0 Å². The van der Waals surface area contributed by atoms with Crippen LogP contribution in [-0.4, -0.2) is 11.1 Å². The van der Waals surface area contributed by atoms with E-state index in [-0.39, 0.29) is 11.3 Å². The summed E-state index contributed by atoms with van der Waals surface area (Å²) in [6.07, 6.45) is 5.66. The third kappa shape index (κ3) is 0.473. The molecule has 3 aliphatic carbocycles. The van der Waals surface area contributed by atoms with Gasteiger partial charge in [-0.3, -0.25) is 4.79 Å². The second-order valence-electron chi connectivity index (χ2n) is 4.60. The monoisotopic (exact) mass is 164 g/mol. The molecule has 0 radical (unpaired) electrons. The first kappa shape index (κ1) is 6.70. The van der Waals surface area contributed by atoms with Gasteiger partial charge in [-0.25, -0.2) is 0 Å². The van der Waals surface area contributed by atoms with Crippen molar-refractivity contribution in [2.24, 2.45) is 29.1 Å². The Morgan fingerprint density at radius 2 is 2.33 bits per heavy atom. The van der Waals surface area contributed by atoms with Gasteiger partial charge in [-0.15, -0.1) is 0 Å². The molecule has 0 heterocycles. The molecule has 2 nitrogen and oxygen atoms in total. The summed E-state index contributed by atoms with van der Waals surface area (Å²) in [5.74, 6) is 0.983. The van der Waals surface area contributed by atoms with Crippen molar-refractivity contribution in [1.82, 2.24) is 0 Å². The minimum atomic E-state index is -0.582. The van der Waals surface area contributed by atoms with E-state index in [1.165, 1.54) is 6.42 Å². The summed E-state index contributed by atoms with van der Waals surface area (Å²) in [5, 5.41) is 8.96. The molecule has 2 fully saturated rings. The lowest BCUT2D eigenvalue weighted by molar-refractivity contribution is -0.140. The van der Waals surface area contributed by atoms with Crippen LogP contribution in [0.15, 0.2) is 12.2 Å². The third-order valence-electron chi connectivity index (χ3n) is 4.28. The normalized spacial score (nSPS) is 58.8. The molecule has 0 aromatic rings. The highest BCUT2D eigenvalue weighted by atomic mass is 16.4. The van der Waals surface area contributed by atoms with Gasteiger partial charge in [0.05, 0.1) is 5.92 Å². The highest BCUT2D eigenvalue weighted by molar-refractivity contribution is 5.77. The molecule has 2 bridgehead atoms. The number of carboxylic acids is 1. The summed E-state index contributed by atoms with van der Waals surface area (Å²) >= 11 is 0. The molecule has 3 rings (SSSR count). The van der Waals surface area contributed by atoms with Gasteiger partial charge in [0.25, 0.3) is 0 Å². The van der Waals surface area contributed by atoms with Gasteiger partial charge in [0.1, 0.15) is 0 Å². The van der Waals surface area contributed by atoms with Crippen molar-refractivity contribution in [3.63, 3.8) is 0 Å². The van der Waals surface area contributed by atoms with Crippen LogP contribution in [0.3, 0.4) is 0 Å². The van der Waals surface area contributed by atoms with Crippen molar-refractivity contribution in [2.45, 2.75) is 13.3 Å². The Hall–Kier alpha value is -0.790. The predicted molar refractivity (Wildman–Crippen MR) is 43.5 cm³/mol. The van der Waals surface area contributed by atoms with Gasteiger partial charge in [-0.1, -0.05) is 19.1 Å². The van der Waals surface area contributed by atoms with Crippen LogP contribution >= 0.6 is 0 Å². The van der Waals surface area contributed by atoms with E-state index < -0.39 is 5.97 Å². The molecule has 3 aliphatic rings. The lowest BCUT2D eigenvalue weighted by Crippen LogP contribution is -2.14. The first-order valence-electron chi connectivity index (χ1n) is 4.57. The van der Waals surface area contributed by atoms with Crippen LogP contribution in [-0.2, 0) is 4.79 Å². The number of aliphatic carboxylic acids is 1. The van der Waals surface area contributed by atoms with Gasteiger partial charge >= 0.3 is 5.97 Å². The molecule has 2 saturated carbocycles. The highest BCUT2D eigenvalue weighted by Crippen LogP contribution is 2.75. The number of hydrogen-bond acceptors (Lipinski definition) is 1. The average molecular weight is 164 g/mol. The van der Waals surface area contributed by atoms with E-state index in [4.69, 9.17) is 5.11 Å². The van der Waals surface area contributed by atoms with E-state index in [9.17, 15) is 4.79 Å². The summed E-state index contributed by atoms with van der Waals surface area (Å²) in [5.41, 5.74) is 0.130. The summed E-state index contributed by atoms with van der Waals surface area (Å²) < 4.78 is 0. The van der Waals surface area contributed by atoms with Crippen molar-refractivity contribution in [1.29, 1.82) is 0 Å². The van der Waals surface area contributed by atoms with Crippen LogP contribution in [0.25, 0.3) is 0 Å². The fourth-order valence-corrected chi connectivity index (χ4v) is 3.63. The van der Waals surface area contributed by atoms with E-state index in [1.54, 1.807) is 0 Å². The fourth-order valence-electron chi connectivity index (χ4n) is 3.63. The number of carboxylic acid groups (broad SMARTS) is 1. The Kier molecular flexibility index (Phi) is 0.897. The van der Waals surface area contributed by atoms with Crippen molar-refractivity contribution < 1.29 is 9.90 Å². The molecule has 0 amide bonds. The molecule has 0 aromatic carbocycles. The van der Waals surface area contributed by atoms with Gasteiger partial charge in [-0.2, -0.15) is 0 Å². The Morgan fingerprint density at radius 1 is 1.58 bits per heavy atom. The molecule has 0 unspecified atom stereocenters. The maximum Gasteiger partial charge on any atom is 0.307 e. The van der Waals surface area contributed by atoms with Crippen LogP contribution in [0.5, 0.6) is 0 Å². The van der Waals surface area contributed by atoms with Crippen LogP contribution in [0, 0.1) is 29.1 Å². The molecule has 0 aliphatic heterocycles. The standard InChI is InChI=1S/C10H12O2/c1-10-6-3-2-5(4-6)7(10)8(10)9(11)12/h2-3,5-8H,4H2,1H3,(H,11,12)/t5-,6+,7+,8-,10+/m0/s1. The average Bonchev–Trinajstić information content (AvgIpc) is 2.40. The lowest BCUT2D eigenvalue weighted by atomic mass is 9.90. The fraction of sp³-hybridized carbons (Fsp3) is 0.700. The molecular formula is C10H12O2. The van der Waals surface area contributed by atoms with Crippen LogP contribution in [0.4, 0.5) is 0 Å². The van der Waals surface area contributed by atoms with Crippen LogP contribution in [0.1, 0.15) is 13.3 Å². The van der Waals surface area contributed by atoms with Gasteiger partial charge in [0.2, 0.25) is 0 Å². The molecule has 0 spiro atoms. The molecule has 0 aromatic heterocycles. The number of fused-ring (bicyclic) bond motifs is 5. The molecule has 5 atom stereocenters. The van der Waals surface area contributed by atoms with Crippen molar-refractivity contribution in [3.05, 3.63) is 12.2 Å². The second-order valence-corrected chi connectivity index (χ2v) is 4.60. The van der Waals surface area contributed by atoms with Crippen LogP contribution in [0.2, 0.25) is 0 Å². The van der Waals surface area contributed by atoms with E-state index >= 15 is 0 Å². The summed E-state index contributed by atoms with van der Waals surface area (Å²) in [6.45, 7) is 2.14. The summed E-state index contributed by atoms with van der Waals surface area (Å²) in [4.78, 5) is 10.9. The number of carbonyl (C=O) groups is 1. The number of rotatable bonds is 1. The molecule has 64 valence electrons. The minimum absolute atomic E-state index is 0.0451. The third-order valence-corrected chi connectivity index (χ3v) is 4.28. The van der Waals surface area contributed by atoms with Crippen molar-refractivity contribution >= 4 is 5.97 Å². The molecule has 0 saturated heterocycles. The van der Waals surface area contributed by atoms with E-state index in [0.717, 1.165) is 0 Å². The van der Waals surface area contributed by atoms with Gasteiger partial charge < -0.3 is 5.11 Å². The van der Waals surface area contributed by atoms with E-state index in [1.807, 2.05) is 0 Å². The summed E-state index contributed by atoms with van der Waals surface area (Å²) in [7, 11) is 0. The molecule has 1 N–H and O–H groups in total. The SMILES string of the molecule is C[C@@]12[C@@H]([C@H]1C(=O)O)[C@H]1C=C[C@@H]2C1. The Labute approximate surface area is 71.3 Å². The lowest BCUT2D eigenvalue weighted by Gasteiger charge is -2.13. The maximum absolute atomic E-state index is 10.9.